The molecule has 4 nitrogen and oxygen atoms in total. The SMILES string of the molecule is CC1CCCC(C)N(C(=O)Cc2ccc(C(=O)O)cc2)C1. The molecule has 0 aromatic heterocycles. The lowest BCUT2D eigenvalue weighted by molar-refractivity contribution is -0.132. The summed E-state index contributed by atoms with van der Waals surface area (Å²) in [7, 11) is 0. The summed E-state index contributed by atoms with van der Waals surface area (Å²) in [5.74, 6) is -0.254. The molecule has 114 valence electrons. The average molecular weight is 289 g/mol. The fraction of sp³-hybridized carbons (Fsp3) is 0.529. The van der Waals surface area contributed by atoms with Crippen LogP contribution in [0.4, 0.5) is 0 Å². The number of aromatic carboxylic acids is 1. The number of carbonyl (C=O) groups is 2. The Hall–Kier alpha value is -1.84. The predicted molar refractivity (Wildman–Crippen MR) is 81.3 cm³/mol. The average Bonchev–Trinajstić information content (AvgIpc) is 2.61. The third kappa shape index (κ3) is 4.06. The fourth-order valence-electron chi connectivity index (χ4n) is 2.91. The minimum atomic E-state index is -0.942. The zero-order valence-electron chi connectivity index (χ0n) is 12.7. The molecule has 0 aliphatic carbocycles. The van der Waals surface area contributed by atoms with Crippen LogP contribution < -0.4 is 0 Å². The molecule has 0 spiro atoms. The number of likely N-dealkylation sites (tertiary alicyclic amines) is 1. The second-order valence-electron chi connectivity index (χ2n) is 6.11. The first kappa shape index (κ1) is 15.5. The zero-order chi connectivity index (χ0) is 15.4. The third-order valence-corrected chi connectivity index (χ3v) is 4.24. The van der Waals surface area contributed by atoms with Crippen LogP contribution in [0, 0.1) is 5.92 Å². The van der Waals surface area contributed by atoms with Crippen molar-refractivity contribution in [3.63, 3.8) is 0 Å². The van der Waals surface area contributed by atoms with E-state index in [1.54, 1.807) is 24.3 Å². The summed E-state index contributed by atoms with van der Waals surface area (Å²) >= 11 is 0. The molecule has 21 heavy (non-hydrogen) atoms. The van der Waals surface area contributed by atoms with E-state index < -0.39 is 5.97 Å². The van der Waals surface area contributed by atoms with Gasteiger partial charge in [-0.2, -0.15) is 0 Å². The van der Waals surface area contributed by atoms with Crippen LogP contribution in [-0.4, -0.2) is 34.5 Å². The van der Waals surface area contributed by atoms with Crippen LogP contribution in [0.1, 0.15) is 49.0 Å². The van der Waals surface area contributed by atoms with Crippen molar-refractivity contribution in [1.82, 2.24) is 4.90 Å². The van der Waals surface area contributed by atoms with Gasteiger partial charge >= 0.3 is 5.97 Å². The Bertz CT molecular complexity index is 509. The van der Waals surface area contributed by atoms with Crippen molar-refractivity contribution in [3.8, 4) is 0 Å². The molecule has 1 N–H and O–H groups in total. The standard InChI is InChI=1S/C17H23NO3/c1-12-4-3-5-13(2)18(11-12)16(19)10-14-6-8-15(9-7-14)17(20)21/h6-9,12-13H,3-5,10-11H2,1-2H3,(H,20,21). The van der Waals surface area contributed by atoms with E-state index in [0.29, 0.717) is 18.4 Å². The van der Waals surface area contributed by atoms with E-state index >= 15 is 0 Å². The molecule has 0 radical (unpaired) electrons. The molecule has 1 aromatic rings. The largest absolute Gasteiger partial charge is 0.478 e. The number of carbonyl (C=O) groups excluding carboxylic acids is 1. The quantitative estimate of drug-likeness (QED) is 0.930. The van der Waals surface area contributed by atoms with Crippen molar-refractivity contribution in [2.45, 2.75) is 45.6 Å². The minimum absolute atomic E-state index is 0.138. The van der Waals surface area contributed by atoms with E-state index in [2.05, 4.69) is 13.8 Å². The van der Waals surface area contributed by atoms with Crippen LogP contribution >= 0.6 is 0 Å². The summed E-state index contributed by atoms with van der Waals surface area (Å²) in [5, 5.41) is 8.88. The highest BCUT2D eigenvalue weighted by atomic mass is 16.4. The van der Waals surface area contributed by atoms with Crippen LogP contribution in [0.5, 0.6) is 0 Å². The lowest BCUT2D eigenvalue weighted by Gasteiger charge is -2.29. The highest BCUT2D eigenvalue weighted by Gasteiger charge is 2.24. The molecule has 1 fully saturated rings. The molecule has 1 aliphatic heterocycles. The van der Waals surface area contributed by atoms with Crippen molar-refractivity contribution in [3.05, 3.63) is 35.4 Å². The summed E-state index contributed by atoms with van der Waals surface area (Å²) in [6, 6.07) is 6.86. The Balaban J connectivity index is 2.03. The molecule has 2 atom stereocenters. The molecule has 1 saturated heterocycles. The molecule has 4 heteroatoms. The Morgan fingerprint density at radius 3 is 2.48 bits per heavy atom. The van der Waals surface area contributed by atoms with Gasteiger partial charge < -0.3 is 10.0 Å². The second-order valence-corrected chi connectivity index (χ2v) is 6.11. The van der Waals surface area contributed by atoms with Crippen LogP contribution in [0.3, 0.4) is 0 Å². The Morgan fingerprint density at radius 1 is 1.19 bits per heavy atom. The molecule has 1 aliphatic rings. The molecule has 2 rings (SSSR count). The smallest absolute Gasteiger partial charge is 0.335 e. The van der Waals surface area contributed by atoms with E-state index in [4.69, 9.17) is 5.11 Å². The van der Waals surface area contributed by atoms with E-state index in [-0.39, 0.29) is 11.5 Å². The van der Waals surface area contributed by atoms with Crippen LogP contribution in [0.2, 0.25) is 0 Å². The maximum atomic E-state index is 12.5. The first-order valence-electron chi connectivity index (χ1n) is 7.59. The van der Waals surface area contributed by atoms with E-state index in [0.717, 1.165) is 18.5 Å². The topological polar surface area (TPSA) is 57.6 Å². The van der Waals surface area contributed by atoms with Crippen LogP contribution in [0.15, 0.2) is 24.3 Å². The van der Waals surface area contributed by atoms with Crippen molar-refractivity contribution < 1.29 is 14.7 Å². The van der Waals surface area contributed by atoms with Crippen molar-refractivity contribution in [2.75, 3.05) is 6.54 Å². The monoisotopic (exact) mass is 289 g/mol. The number of rotatable bonds is 3. The van der Waals surface area contributed by atoms with Gasteiger partial charge in [-0.25, -0.2) is 4.79 Å². The first-order valence-corrected chi connectivity index (χ1v) is 7.59. The van der Waals surface area contributed by atoms with Crippen LogP contribution in [0.25, 0.3) is 0 Å². The first-order chi connectivity index (χ1) is 9.97. The van der Waals surface area contributed by atoms with Gasteiger partial charge in [0, 0.05) is 12.6 Å². The van der Waals surface area contributed by atoms with Crippen molar-refractivity contribution in [1.29, 1.82) is 0 Å². The molecular formula is C17H23NO3. The lowest BCUT2D eigenvalue weighted by atomic mass is 10.1. The number of hydrogen-bond acceptors (Lipinski definition) is 2. The Kier molecular flexibility index (Phi) is 4.99. The molecule has 1 amide bonds. The molecule has 1 heterocycles. The number of nitrogens with zero attached hydrogens (tertiary/aromatic N) is 1. The van der Waals surface area contributed by atoms with Crippen molar-refractivity contribution in [2.24, 2.45) is 5.92 Å². The number of carboxylic acid groups (broad SMARTS) is 1. The maximum absolute atomic E-state index is 12.5. The number of hydrogen-bond donors (Lipinski definition) is 1. The highest BCUT2D eigenvalue weighted by molar-refractivity contribution is 5.87. The summed E-state index contributed by atoms with van der Waals surface area (Å²) in [5.41, 5.74) is 1.12. The van der Waals surface area contributed by atoms with Crippen molar-refractivity contribution >= 4 is 11.9 Å². The van der Waals surface area contributed by atoms with E-state index in [9.17, 15) is 9.59 Å². The van der Waals surface area contributed by atoms with Gasteiger partial charge in [0.2, 0.25) is 5.91 Å². The number of benzene rings is 1. The predicted octanol–water partition coefficient (Wildman–Crippen LogP) is 2.96. The van der Waals surface area contributed by atoms with E-state index in [1.807, 2.05) is 4.90 Å². The van der Waals surface area contributed by atoms with Gasteiger partial charge in [-0.3, -0.25) is 4.79 Å². The minimum Gasteiger partial charge on any atom is -0.478 e. The summed E-state index contributed by atoms with van der Waals surface area (Å²) < 4.78 is 0. The van der Waals surface area contributed by atoms with Gasteiger partial charge in [0.15, 0.2) is 0 Å². The highest BCUT2D eigenvalue weighted by Crippen LogP contribution is 2.21. The van der Waals surface area contributed by atoms with Gasteiger partial charge in [0.25, 0.3) is 0 Å². The van der Waals surface area contributed by atoms with Gasteiger partial charge in [-0.1, -0.05) is 25.5 Å². The Labute approximate surface area is 125 Å². The van der Waals surface area contributed by atoms with Gasteiger partial charge in [-0.15, -0.1) is 0 Å². The van der Waals surface area contributed by atoms with Crippen LogP contribution in [-0.2, 0) is 11.2 Å². The third-order valence-electron chi connectivity index (χ3n) is 4.24. The zero-order valence-corrected chi connectivity index (χ0v) is 12.7. The summed E-state index contributed by atoms with van der Waals surface area (Å²) in [6.07, 6.45) is 3.77. The van der Waals surface area contributed by atoms with Gasteiger partial charge in [-0.05, 0) is 43.4 Å². The summed E-state index contributed by atoms with van der Waals surface area (Å²) in [6.45, 7) is 5.14. The number of amides is 1. The van der Waals surface area contributed by atoms with E-state index in [1.165, 1.54) is 12.8 Å². The molecule has 0 saturated carbocycles. The van der Waals surface area contributed by atoms with Gasteiger partial charge in [0.1, 0.15) is 0 Å². The molecule has 2 unspecified atom stereocenters. The molecule has 0 bridgehead atoms. The Morgan fingerprint density at radius 2 is 1.86 bits per heavy atom. The molecule has 1 aromatic carbocycles. The second kappa shape index (κ2) is 6.74. The summed E-state index contributed by atoms with van der Waals surface area (Å²) in [4.78, 5) is 25.3. The molecular weight excluding hydrogens is 266 g/mol. The normalized spacial score (nSPS) is 22.7. The fourth-order valence-corrected chi connectivity index (χ4v) is 2.91. The lowest BCUT2D eigenvalue weighted by Crippen LogP contribution is -2.40. The maximum Gasteiger partial charge on any atom is 0.335 e. The van der Waals surface area contributed by atoms with Gasteiger partial charge in [0.05, 0.1) is 12.0 Å². The number of carboxylic acids is 1.